The Balaban J connectivity index is 2.03. The molecule has 4 nitrogen and oxygen atoms in total. The molecule has 0 atom stereocenters. The molecule has 0 bridgehead atoms. The van der Waals surface area contributed by atoms with E-state index in [1.54, 1.807) is 12.3 Å². The van der Waals surface area contributed by atoms with E-state index in [1.165, 1.54) is 13.3 Å². The predicted octanol–water partition coefficient (Wildman–Crippen LogP) is 2.78. The molecule has 1 amide bonds. The van der Waals surface area contributed by atoms with Gasteiger partial charge in [-0.05, 0) is 23.8 Å². The molecule has 1 aromatic carbocycles. The first-order valence-electron chi connectivity index (χ1n) is 5.71. The number of carbonyl (C=O) groups excluding carboxylic acids is 1. The molecule has 1 aromatic heterocycles. The lowest BCUT2D eigenvalue weighted by atomic mass is 10.2. The van der Waals surface area contributed by atoms with Crippen molar-refractivity contribution in [2.24, 2.45) is 0 Å². The van der Waals surface area contributed by atoms with E-state index in [0.29, 0.717) is 17.9 Å². The number of halogens is 1. The summed E-state index contributed by atoms with van der Waals surface area (Å²) in [7, 11) is 1.53. The number of pyridine rings is 1. The molecular weight excluding hydrogens is 308 g/mol. The molecule has 0 aliphatic carbocycles. The molecule has 0 spiro atoms. The Morgan fingerprint density at radius 3 is 2.74 bits per heavy atom. The molecule has 0 aliphatic heterocycles. The van der Waals surface area contributed by atoms with Crippen molar-refractivity contribution in [2.75, 3.05) is 7.11 Å². The Bertz CT molecular complexity index is 570. The van der Waals surface area contributed by atoms with Crippen molar-refractivity contribution < 1.29 is 9.53 Å². The lowest BCUT2D eigenvalue weighted by molar-refractivity contribution is 0.0947. The summed E-state index contributed by atoms with van der Waals surface area (Å²) >= 11 is 3.37. The molecule has 0 aliphatic rings. The molecule has 0 saturated carbocycles. The highest BCUT2D eigenvalue weighted by Crippen LogP contribution is 2.16. The van der Waals surface area contributed by atoms with Crippen LogP contribution < -0.4 is 10.1 Å². The largest absolute Gasteiger partial charge is 0.496 e. The number of amides is 1. The van der Waals surface area contributed by atoms with Crippen molar-refractivity contribution in [2.45, 2.75) is 6.54 Å². The zero-order valence-corrected chi connectivity index (χ0v) is 12.0. The van der Waals surface area contributed by atoms with Crippen LogP contribution in [0, 0.1) is 0 Å². The normalized spacial score (nSPS) is 10.0. The average Bonchev–Trinajstić information content (AvgIpc) is 2.46. The maximum absolute atomic E-state index is 12.0. The van der Waals surface area contributed by atoms with Gasteiger partial charge >= 0.3 is 0 Å². The van der Waals surface area contributed by atoms with Crippen LogP contribution in [0.2, 0.25) is 0 Å². The van der Waals surface area contributed by atoms with Gasteiger partial charge in [0.1, 0.15) is 5.75 Å². The van der Waals surface area contributed by atoms with E-state index >= 15 is 0 Å². The minimum atomic E-state index is -0.201. The van der Waals surface area contributed by atoms with Crippen molar-refractivity contribution in [1.29, 1.82) is 0 Å². The van der Waals surface area contributed by atoms with E-state index in [2.05, 4.69) is 26.2 Å². The molecule has 0 unspecified atom stereocenters. The summed E-state index contributed by atoms with van der Waals surface area (Å²) in [6.07, 6.45) is 3.08. The second-order valence-corrected chi connectivity index (χ2v) is 4.80. The lowest BCUT2D eigenvalue weighted by Crippen LogP contribution is -2.23. The summed E-state index contributed by atoms with van der Waals surface area (Å²) < 4.78 is 6.14. The Morgan fingerprint density at radius 1 is 1.32 bits per heavy atom. The van der Waals surface area contributed by atoms with Crippen LogP contribution in [-0.2, 0) is 6.54 Å². The molecule has 5 heteroatoms. The summed E-state index contributed by atoms with van der Waals surface area (Å²) in [5, 5.41) is 2.84. The summed E-state index contributed by atoms with van der Waals surface area (Å²) in [4.78, 5) is 16.0. The number of hydrogen-bond donors (Lipinski definition) is 1. The number of ether oxygens (including phenoxy) is 1. The van der Waals surface area contributed by atoms with Gasteiger partial charge in [0.2, 0.25) is 0 Å². The number of carbonyl (C=O) groups is 1. The molecule has 19 heavy (non-hydrogen) atoms. The third-order valence-electron chi connectivity index (χ3n) is 2.61. The van der Waals surface area contributed by atoms with Crippen LogP contribution in [0.15, 0.2) is 47.2 Å². The van der Waals surface area contributed by atoms with Crippen molar-refractivity contribution in [1.82, 2.24) is 10.3 Å². The van der Waals surface area contributed by atoms with Gasteiger partial charge in [0.05, 0.1) is 12.7 Å². The highest BCUT2D eigenvalue weighted by Gasteiger charge is 2.11. The monoisotopic (exact) mass is 320 g/mol. The smallest absolute Gasteiger partial charge is 0.256 e. The van der Waals surface area contributed by atoms with Crippen LogP contribution in [0.1, 0.15) is 15.9 Å². The molecule has 0 radical (unpaired) electrons. The Hall–Kier alpha value is -1.88. The summed E-state index contributed by atoms with van der Waals surface area (Å²) in [5.41, 5.74) is 1.46. The van der Waals surface area contributed by atoms with Gasteiger partial charge in [0, 0.05) is 23.4 Å². The fourth-order valence-electron chi connectivity index (χ4n) is 1.61. The minimum absolute atomic E-state index is 0.201. The van der Waals surface area contributed by atoms with Gasteiger partial charge < -0.3 is 10.1 Å². The van der Waals surface area contributed by atoms with Crippen LogP contribution in [0.5, 0.6) is 5.75 Å². The number of nitrogens with zero attached hydrogens (tertiary/aromatic N) is 1. The summed E-state index contributed by atoms with van der Waals surface area (Å²) in [5.74, 6) is 0.316. The van der Waals surface area contributed by atoms with E-state index in [0.717, 1.165) is 10.0 Å². The van der Waals surface area contributed by atoms with Crippen molar-refractivity contribution in [3.63, 3.8) is 0 Å². The van der Waals surface area contributed by atoms with Gasteiger partial charge in [-0.3, -0.25) is 9.78 Å². The van der Waals surface area contributed by atoms with E-state index in [1.807, 2.05) is 24.3 Å². The molecular formula is C14H13BrN2O2. The molecule has 1 N–H and O–H groups in total. The van der Waals surface area contributed by atoms with E-state index in [9.17, 15) is 4.79 Å². The molecule has 2 aromatic rings. The first kappa shape index (κ1) is 13.5. The van der Waals surface area contributed by atoms with Crippen LogP contribution in [-0.4, -0.2) is 18.0 Å². The maximum atomic E-state index is 12.0. The Morgan fingerprint density at radius 2 is 2.05 bits per heavy atom. The van der Waals surface area contributed by atoms with E-state index < -0.39 is 0 Å². The van der Waals surface area contributed by atoms with Gasteiger partial charge in [0.15, 0.2) is 0 Å². The molecule has 1 heterocycles. The molecule has 0 saturated heterocycles. The minimum Gasteiger partial charge on any atom is -0.496 e. The third kappa shape index (κ3) is 3.54. The summed E-state index contributed by atoms with van der Waals surface area (Å²) in [6, 6.07) is 9.43. The standard InChI is InChI=1S/C14H13BrN2O2/c1-19-13-6-7-16-9-12(13)14(18)17-8-10-2-4-11(15)5-3-10/h2-7,9H,8H2,1H3,(H,17,18). The van der Waals surface area contributed by atoms with Gasteiger partial charge in [-0.2, -0.15) is 0 Å². The van der Waals surface area contributed by atoms with Crippen molar-refractivity contribution in [3.8, 4) is 5.75 Å². The number of benzene rings is 1. The van der Waals surface area contributed by atoms with Crippen LogP contribution in [0.4, 0.5) is 0 Å². The first-order chi connectivity index (χ1) is 9.20. The molecule has 2 rings (SSSR count). The highest BCUT2D eigenvalue weighted by atomic mass is 79.9. The first-order valence-corrected chi connectivity index (χ1v) is 6.50. The summed E-state index contributed by atoms with van der Waals surface area (Å²) in [6.45, 7) is 0.462. The second kappa shape index (κ2) is 6.33. The molecule has 0 fully saturated rings. The third-order valence-corrected chi connectivity index (χ3v) is 3.14. The Kier molecular flexibility index (Phi) is 4.52. The predicted molar refractivity (Wildman–Crippen MR) is 76.1 cm³/mol. The fraction of sp³-hybridized carbons (Fsp3) is 0.143. The fourth-order valence-corrected chi connectivity index (χ4v) is 1.87. The number of aromatic nitrogens is 1. The Labute approximate surface area is 119 Å². The van der Waals surface area contributed by atoms with E-state index in [-0.39, 0.29) is 5.91 Å². The van der Waals surface area contributed by atoms with Crippen LogP contribution >= 0.6 is 15.9 Å². The van der Waals surface area contributed by atoms with Crippen LogP contribution in [0.25, 0.3) is 0 Å². The van der Waals surface area contributed by atoms with Gasteiger partial charge in [-0.25, -0.2) is 0 Å². The SMILES string of the molecule is COc1ccncc1C(=O)NCc1ccc(Br)cc1. The lowest BCUT2D eigenvalue weighted by Gasteiger charge is -2.08. The van der Waals surface area contributed by atoms with Crippen molar-refractivity contribution in [3.05, 3.63) is 58.3 Å². The average molecular weight is 321 g/mol. The van der Waals surface area contributed by atoms with Gasteiger partial charge in [-0.1, -0.05) is 28.1 Å². The van der Waals surface area contributed by atoms with Crippen molar-refractivity contribution >= 4 is 21.8 Å². The topological polar surface area (TPSA) is 51.2 Å². The number of rotatable bonds is 4. The van der Waals surface area contributed by atoms with E-state index in [4.69, 9.17) is 4.74 Å². The van der Waals surface area contributed by atoms with Gasteiger partial charge in [0.25, 0.3) is 5.91 Å². The van der Waals surface area contributed by atoms with Gasteiger partial charge in [-0.15, -0.1) is 0 Å². The number of methoxy groups -OCH3 is 1. The van der Waals surface area contributed by atoms with Crippen LogP contribution in [0.3, 0.4) is 0 Å². The quantitative estimate of drug-likeness (QED) is 0.942. The number of nitrogens with one attached hydrogen (secondary N) is 1. The maximum Gasteiger partial charge on any atom is 0.256 e. The second-order valence-electron chi connectivity index (χ2n) is 3.89. The molecule has 98 valence electrons. The highest BCUT2D eigenvalue weighted by molar-refractivity contribution is 9.10. The number of hydrogen-bond acceptors (Lipinski definition) is 3. The zero-order chi connectivity index (χ0) is 13.7. The zero-order valence-electron chi connectivity index (χ0n) is 10.4.